The van der Waals surface area contributed by atoms with E-state index in [1.165, 1.54) is 0 Å². The summed E-state index contributed by atoms with van der Waals surface area (Å²) >= 11 is 0. The zero-order valence-corrected chi connectivity index (χ0v) is 16.7. The predicted octanol–water partition coefficient (Wildman–Crippen LogP) is 3.33. The fraction of sp³-hybridized carbons (Fsp3) is 0.524. The van der Waals surface area contributed by atoms with Gasteiger partial charge in [-0.2, -0.15) is 0 Å². The lowest BCUT2D eigenvalue weighted by molar-refractivity contribution is -0.154. The molecule has 0 saturated heterocycles. The Kier molecular flexibility index (Phi) is 9.35. The standard InChI is InChI=1S/C21H28O7/c1-4-21(2,3)20(26)27-13-5-6-16(22)14-15-7-9-17(10-8-15)28-19(25)12-11-18(23)24/h7-10H,4-6,11-14H2,1-3H3,(H,23,24). The molecule has 28 heavy (non-hydrogen) atoms. The van der Waals surface area contributed by atoms with Crippen LogP contribution < -0.4 is 4.74 Å². The minimum absolute atomic E-state index is 0.0250. The Balaban J connectivity index is 2.34. The van der Waals surface area contributed by atoms with E-state index in [9.17, 15) is 19.2 Å². The first-order chi connectivity index (χ1) is 13.1. The summed E-state index contributed by atoms with van der Waals surface area (Å²) in [7, 11) is 0. The summed E-state index contributed by atoms with van der Waals surface area (Å²) in [5.74, 6) is -1.60. The topological polar surface area (TPSA) is 107 Å². The maximum Gasteiger partial charge on any atom is 0.311 e. The third-order valence-corrected chi connectivity index (χ3v) is 4.37. The number of carboxylic acids is 1. The minimum Gasteiger partial charge on any atom is -0.481 e. The van der Waals surface area contributed by atoms with E-state index >= 15 is 0 Å². The van der Waals surface area contributed by atoms with E-state index in [2.05, 4.69) is 0 Å². The Hall–Kier alpha value is -2.70. The summed E-state index contributed by atoms with van der Waals surface area (Å²) in [6, 6.07) is 6.49. The van der Waals surface area contributed by atoms with E-state index in [1.54, 1.807) is 24.3 Å². The highest BCUT2D eigenvalue weighted by atomic mass is 16.5. The number of benzene rings is 1. The molecule has 1 N–H and O–H groups in total. The number of ether oxygens (including phenoxy) is 2. The number of rotatable bonds is 12. The fourth-order valence-corrected chi connectivity index (χ4v) is 2.16. The molecular weight excluding hydrogens is 364 g/mol. The van der Waals surface area contributed by atoms with E-state index in [1.807, 2.05) is 20.8 Å². The lowest BCUT2D eigenvalue weighted by Gasteiger charge is -2.20. The zero-order chi connectivity index (χ0) is 21.2. The van der Waals surface area contributed by atoms with Crippen LogP contribution in [-0.4, -0.2) is 35.4 Å². The van der Waals surface area contributed by atoms with E-state index in [0.29, 0.717) is 25.0 Å². The lowest BCUT2D eigenvalue weighted by atomic mass is 9.91. The Morgan fingerprint density at radius 3 is 2.21 bits per heavy atom. The first kappa shape index (κ1) is 23.3. The van der Waals surface area contributed by atoms with Crippen LogP contribution in [0.4, 0.5) is 0 Å². The second-order valence-corrected chi connectivity index (χ2v) is 7.20. The molecule has 1 rings (SSSR count). The van der Waals surface area contributed by atoms with Gasteiger partial charge in [0.2, 0.25) is 0 Å². The van der Waals surface area contributed by atoms with Crippen molar-refractivity contribution < 1.29 is 33.8 Å². The van der Waals surface area contributed by atoms with Crippen LogP contribution >= 0.6 is 0 Å². The molecular formula is C21H28O7. The monoisotopic (exact) mass is 392 g/mol. The fourth-order valence-electron chi connectivity index (χ4n) is 2.16. The molecule has 0 aliphatic carbocycles. The van der Waals surface area contributed by atoms with Crippen LogP contribution in [0.3, 0.4) is 0 Å². The summed E-state index contributed by atoms with van der Waals surface area (Å²) in [5, 5.41) is 8.54. The van der Waals surface area contributed by atoms with Crippen LogP contribution in [0.2, 0.25) is 0 Å². The molecule has 0 radical (unpaired) electrons. The average molecular weight is 392 g/mol. The van der Waals surface area contributed by atoms with Crippen LogP contribution in [0.1, 0.15) is 58.4 Å². The SMILES string of the molecule is CCC(C)(C)C(=O)OCCCC(=O)Cc1ccc(OC(=O)CCC(=O)O)cc1. The van der Waals surface area contributed by atoms with Crippen molar-refractivity contribution in [2.24, 2.45) is 5.41 Å². The van der Waals surface area contributed by atoms with Crippen molar-refractivity contribution in [2.45, 2.75) is 59.3 Å². The second kappa shape index (κ2) is 11.2. The number of carbonyl (C=O) groups is 4. The van der Waals surface area contributed by atoms with Gasteiger partial charge in [-0.15, -0.1) is 0 Å². The molecule has 0 unspecified atom stereocenters. The van der Waals surface area contributed by atoms with Gasteiger partial charge < -0.3 is 14.6 Å². The van der Waals surface area contributed by atoms with Crippen LogP contribution in [0, 0.1) is 5.41 Å². The van der Waals surface area contributed by atoms with Gasteiger partial charge in [0.05, 0.1) is 24.9 Å². The number of ketones is 1. The quantitative estimate of drug-likeness (QED) is 0.330. The molecule has 0 amide bonds. The first-order valence-electron chi connectivity index (χ1n) is 9.34. The van der Waals surface area contributed by atoms with Gasteiger partial charge in [-0.05, 0) is 44.4 Å². The number of esters is 2. The molecule has 0 spiro atoms. The molecule has 0 bridgehead atoms. The zero-order valence-electron chi connectivity index (χ0n) is 16.7. The molecule has 7 nitrogen and oxygen atoms in total. The van der Waals surface area contributed by atoms with Gasteiger partial charge in [-0.3, -0.25) is 19.2 Å². The Bertz CT molecular complexity index is 689. The number of hydrogen-bond donors (Lipinski definition) is 1. The number of carbonyl (C=O) groups excluding carboxylic acids is 3. The van der Waals surface area contributed by atoms with E-state index in [-0.39, 0.29) is 37.6 Å². The Labute approximate surface area is 165 Å². The van der Waals surface area contributed by atoms with Crippen LogP contribution in [0.25, 0.3) is 0 Å². The molecule has 0 atom stereocenters. The van der Waals surface area contributed by atoms with Gasteiger partial charge in [0.25, 0.3) is 0 Å². The highest BCUT2D eigenvalue weighted by Gasteiger charge is 2.26. The Morgan fingerprint density at radius 1 is 1.00 bits per heavy atom. The average Bonchev–Trinajstić information content (AvgIpc) is 2.65. The molecule has 0 aromatic heterocycles. The molecule has 0 fully saturated rings. The van der Waals surface area contributed by atoms with Crippen molar-refractivity contribution in [3.8, 4) is 5.75 Å². The normalized spacial score (nSPS) is 11.0. The molecule has 1 aromatic carbocycles. The molecule has 0 aliphatic heterocycles. The summed E-state index contributed by atoms with van der Waals surface area (Å²) in [5.41, 5.74) is 0.266. The van der Waals surface area contributed by atoms with Crippen molar-refractivity contribution >= 4 is 23.7 Å². The summed E-state index contributed by atoms with van der Waals surface area (Å²) in [6.07, 6.45) is 1.24. The number of aliphatic carboxylic acids is 1. The minimum atomic E-state index is -1.06. The predicted molar refractivity (Wildman–Crippen MR) is 102 cm³/mol. The van der Waals surface area contributed by atoms with E-state index < -0.39 is 17.4 Å². The molecule has 0 aliphatic rings. The third kappa shape index (κ3) is 8.79. The highest BCUT2D eigenvalue weighted by Crippen LogP contribution is 2.21. The Morgan fingerprint density at radius 2 is 1.64 bits per heavy atom. The molecule has 154 valence electrons. The van der Waals surface area contributed by atoms with Gasteiger partial charge in [0.15, 0.2) is 0 Å². The smallest absolute Gasteiger partial charge is 0.311 e. The van der Waals surface area contributed by atoms with Crippen LogP contribution in [0.15, 0.2) is 24.3 Å². The molecule has 1 aromatic rings. The van der Waals surface area contributed by atoms with E-state index in [0.717, 1.165) is 5.56 Å². The maximum absolute atomic E-state index is 12.0. The summed E-state index contributed by atoms with van der Waals surface area (Å²) in [4.78, 5) is 45.8. The van der Waals surface area contributed by atoms with Gasteiger partial charge in [0.1, 0.15) is 11.5 Å². The van der Waals surface area contributed by atoms with Gasteiger partial charge in [-0.25, -0.2) is 0 Å². The second-order valence-electron chi connectivity index (χ2n) is 7.20. The number of Topliss-reactive ketones (excluding diaryl/α,β-unsaturated/α-hetero) is 1. The van der Waals surface area contributed by atoms with Crippen molar-refractivity contribution in [1.82, 2.24) is 0 Å². The molecule has 7 heteroatoms. The van der Waals surface area contributed by atoms with Crippen molar-refractivity contribution in [2.75, 3.05) is 6.61 Å². The van der Waals surface area contributed by atoms with Gasteiger partial charge in [0, 0.05) is 12.8 Å². The maximum atomic E-state index is 12.0. The van der Waals surface area contributed by atoms with E-state index in [4.69, 9.17) is 14.6 Å². The molecule has 0 saturated carbocycles. The van der Waals surface area contributed by atoms with Crippen molar-refractivity contribution in [3.05, 3.63) is 29.8 Å². The third-order valence-electron chi connectivity index (χ3n) is 4.37. The summed E-state index contributed by atoms with van der Waals surface area (Å²) < 4.78 is 10.2. The highest BCUT2D eigenvalue weighted by molar-refractivity contribution is 5.81. The lowest BCUT2D eigenvalue weighted by Crippen LogP contribution is -2.26. The summed E-state index contributed by atoms with van der Waals surface area (Å²) in [6.45, 7) is 5.80. The molecule has 0 heterocycles. The number of hydrogen-bond acceptors (Lipinski definition) is 6. The van der Waals surface area contributed by atoms with Crippen LogP contribution in [0.5, 0.6) is 5.75 Å². The number of carboxylic acid groups (broad SMARTS) is 1. The van der Waals surface area contributed by atoms with Gasteiger partial charge >= 0.3 is 17.9 Å². The first-order valence-corrected chi connectivity index (χ1v) is 9.34. The van der Waals surface area contributed by atoms with Crippen molar-refractivity contribution in [3.63, 3.8) is 0 Å². The van der Waals surface area contributed by atoms with Crippen molar-refractivity contribution in [1.29, 1.82) is 0 Å². The largest absolute Gasteiger partial charge is 0.481 e. The van der Waals surface area contributed by atoms with Gasteiger partial charge in [-0.1, -0.05) is 19.1 Å². The van der Waals surface area contributed by atoms with Crippen LogP contribution in [-0.2, 0) is 30.3 Å².